The van der Waals surface area contributed by atoms with E-state index in [1.807, 2.05) is 0 Å². The molecule has 1 aliphatic heterocycles. The molecule has 0 saturated carbocycles. The van der Waals surface area contributed by atoms with Crippen molar-refractivity contribution < 1.29 is 14.3 Å². The number of nitrogens with one attached hydrogen (secondary N) is 1. The quantitative estimate of drug-likeness (QED) is 0.381. The monoisotopic (exact) mass is 239 g/mol. The molecule has 1 fully saturated rings. The van der Waals surface area contributed by atoms with Gasteiger partial charge >= 0.3 is 5.91 Å². The van der Waals surface area contributed by atoms with E-state index in [4.69, 9.17) is 15.4 Å². The minimum Gasteiger partial charge on any atom is -0.459 e. The lowest BCUT2D eigenvalue weighted by Gasteiger charge is -2.14. The Balaban J connectivity index is 2.00. The average Bonchev–Trinajstić information content (AvgIpc) is 2.97. The number of rotatable bonds is 4. The zero-order chi connectivity index (χ0) is 12.3. The molecule has 94 valence electrons. The summed E-state index contributed by atoms with van der Waals surface area (Å²) in [5.74, 6) is 5.27. The molecule has 4 N–H and O–H groups in total. The maximum Gasteiger partial charge on any atom is 0.301 e. The second kappa shape index (κ2) is 5.31. The standard InChI is InChI=1S/C11H17N3O3/c12-13-11(16)10-9(2-4-17-10)6-14-3-1-8(5-14)7-15/h2,4,8,15H,1,3,5-7,12H2,(H,13,16). The molecule has 17 heavy (non-hydrogen) atoms. The summed E-state index contributed by atoms with van der Waals surface area (Å²) in [4.78, 5) is 13.6. The number of hydrogen-bond donors (Lipinski definition) is 3. The van der Waals surface area contributed by atoms with Crippen LogP contribution in [0.1, 0.15) is 22.5 Å². The fourth-order valence-electron chi connectivity index (χ4n) is 2.17. The molecule has 0 bridgehead atoms. The predicted molar refractivity (Wildman–Crippen MR) is 60.8 cm³/mol. The highest BCUT2D eigenvalue weighted by Gasteiger charge is 2.24. The van der Waals surface area contributed by atoms with Crippen LogP contribution in [0.3, 0.4) is 0 Å². The summed E-state index contributed by atoms with van der Waals surface area (Å²) >= 11 is 0. The fraction of sp³-hybridized carbons (Fsp3) is 0.545. The summed E-state index contributed by atoms with van der Waals surface area (Å²) < 4.78 is 5.11. The van der Waals surface area contributed by atoms with Gasteiger partial charge in [-0.2, -0.15) is 0 Å². The molecule has 1 amide bonds. The Kier molecular flexibility index (Phi) is 3.78. The van der Waals surface area contributed by atoms with E-state index in [1.165, 1.54) is 6.26 Å². The molecule has 2 heterocycles. The van der Waals surface area contributed by atoms with Crippen molar-refractivity contribution in [2.45, 2.75) is 13.0 Å². The molecule has 0 aliphatic carbocycles. The van der Waals surface area contributed by atoms with E-state index in [1.54, 1.807) is 6.07 Å². The van der Waals surface area contributed by atoms with Gasteiger partial charge in [0.2, 0.25) is 0 Å². The highest BCUT2D eigenvalue weighted by molar-refractivity contribution is 5.92. The summed E-state index contributed by atoms with van der Waals surface area (Å²) in [5, 5.41) is 9.06. The molecule has 1 atom stereocenters. The second-order valence-electron chi connectivity index (χ2n) is 4.32. The third-order valence-corrected chi connectivity index (χ3v) is 3.11. The lowest BCUT2D eigenvalue weighted by molar-refractivity contribution is 0.0923. The molecule has 6 nitrogen and oxygen atoms in total. The van der Waals surface area contributed by atoms with Crippen LogP contribution in [0.2, 0.25) is 0 Å². The average molecular weight is 239 g/mol. The number of furan rings is 1. The molecular weight excluding hydrogens is 222 g/mol. The van der Waals surface area contributed by atoms with Crippen LogP contribution in [0.4, 0.5) is 0 Å². The van der Waals surface area contributed by atoms with E-state index < -0.39 is 5.91 Å². The van der Waals surface area contributed by atoms with E-state index in [0.29, 0.717) is 12.5 Å². The first kappa shape index (κ1) is 12.1. The Hall–Kier alpha value is -1.37. The lowest BCUT2D eigenvalue weighted by atomic mass is 10.1. The van der Waals surface area contributed by atoms with Crippen LogP contribution in [0.15, 0.2) is 16.7 Å². The smallest absolute Gasteiger partial charge is 0.301 e. The third-order valence-electron chi connectivity index (χ3n) is 3.11. The Labute approximate surface area is 99.3 Å². The van der Waals surface area contributed by atoms with Gasteiger partial charge in [0.15, 0.2) is 5.76 Å². The number of carbonyl (C=O) groups excluding carboxylic acids is 1. The van der Waals surface area contributed by atoms with Crippen molar-refractivity contribution in [3.63, 3.8) is 0 Å². The van der Waals surface area contributed by atoms with Gasteiger partial charge in [0.1, 0.15) is 0 Å². The normalized spacial score (nSPS) is 20.7. The summed E-state index contributed by atoms with van der Waals surface area (Å²) in [6, 6.07) is 1.77. The Morgan fingerprint density at radius 3 is 3.18 bits per heavy atom. The Morgan fingerprint density at radius 1 is 1.71 bits per heavy atom. The van der Waals surface area contributed by atoms with Crippen molar-refractivity contribution in [1.82, 2.24) is 10.3 Å². The van der Waals surface area contributed by atoms with Gasteiger partial charge in [-0.25, -0.2) is 5.84 Å². The highest BCUT2D eigenvalue weighted by atomic mass is 16.3. The molecular formula is C11H17N3O3. The molecule has 6 heteroatoms. The molecule has 1 unspecified atom stereocenters. The van der Waals surface area contributed by atoms with Gasteiger partial charge in [0, 0.05) is 25.3 Å². The highest BCUT2D eigenvalue weighted by Crippen LogP contribution is 2.20. The minimum atomic E-state index is -0.414. The van der Waals surface area contributed by atoms with Gasteiger partial charge < -0.3 is 9.52 Å². The molecule has 0 radical (unpaired) electrons. The van der Waals surface area contributed by atoms with Crippen LogP contribution >= 0.6 is 0 Å². The zero-order valence-electron chi connectivity index (χ0n) is 9.56. The van der Waals surface area contributed by atoms with E-state index in [9.17, 15) is 4.79 Å². The fourth-order valence-corrected chi connectivity index (χ4v) is 2.17. The van der Waals surface area contributed by atoms with Crippen molar-refractivity contribution in [3.05, 3.63) is 23.7 Å². The number of nitrogens with two attached hydrogens (primary N) is 1. The first-order valence-electron chi connectivity index (χ1n) is 5.65. The second-order valence-corrected chi connectivity index (χ2v) is 4.32. The number of hydrazine groups is 1. The van der Waals surface area contributed by atoms with Crippen molar-refractivity contribution in [2.75, 3.05) is 19.7 Å². The van der Waals surface area contributed by atoms with Crippen LogP contribution in [-0.4, -0.2) is 35.6 Å². The maximum absolute atomic E-state index is 11.4. The van der Waals surface area contributed by atoms with E-state index in [2.05, 4.69) is 10.3 Å². The van der Waals surface area contributed by atoms with Crippen LogP contribution in [0.5, 0.6) is 0 Å². The number of nitrogen functional groups attached to an aromatic ring is 1. The van der Waals surface area contributed by atoms with Gasteiger partial charge in [0.05, 0.1) is 6.26 Å². The lowest BCUT2D eigenvalue weighted by Crippen LogP contribution is -2.31. The summed E-state index contributed by atoms with van der Waals surface area (Å²) in [6.45, 7) is 2.65. The third kappa shape index (κ3) is 2.66. The molecule has 1 aliphatic rings. The number of aliphatic hydroxyl groups excluding tert-OH is 1. The number of amides is 1. The zero-order valence-corrected chi connectivity index (χ0v) is 9.56. The van der Waals surface area contributed by atoms with Crippen molar-refractivity contribution in [1.29, 1.82) is 0 Å². The predicted octanol–water partition coefficient (Wildman–Crippen LogP) is -0.303. The van der Waals surface area contributed by atoms with Gasteiger partial charge in [-0.1, -0.05) is 0 Å². The van der Waals surface area contributed by atoms with Crippen LogP contribution in [0.25, 0.3) is 0 Å². The van der Waals surface area contributed by atoms with Crippen LogP contribution in [0, 0.1) is 5.92 Å². The summed E-state index contributed by atoms with van der Waals surface area (Å²) in [5.41, 5.74) is 2.89. The Bertz CT molecular complexity index is 391. The number of hydrogen-bond acceptors (Lipinski definition) is 5. The minimum absolute atomic E-state index is 0.220. The van der Waals surface area contributed by atoms with Gasteiger partial charge in [-0.05, 0) is 24.9 Å². The van der Waals surface area contributed by atoms with Crippen LogP contribution < -0.4 is 11.3 Å². The number of nitrogens with zero attached hydrogens (tertiary/aromatic N) is 1. The number of likely N-dealkylation sites (tertiary alicyclic amines) is 1. The topological polar surface area (TPSA) is 91.7 Å². The molecule has 0 spiro atoms. The summed E-state index contributed by atoms with van der Waals surface area (Å²) in [7, 11) is 0. The van der Waals surface area contributed by atoms with Crippen LogP contribution in [-0.2, 0) is 6.54 Å². The summed E-state index contributed by atoms with van der Waals surface area (Å²) in [6.07, 6.45) is 2.48. The SMILES string of the molecule is NNC(=O)c1occc1CN1CCC(CO)C1. The van der Waals surface area contributed by atoms with E-state index >= 15 is 0 Å². The van der Waals surface area contributed by atoms with Crippen molar-refractivity contribution in [3.8, 4) is 0 Å². The first-order valence-corrected chi connectivity index (χ1v) is 5.65. The number of carbonyl (C=O) groups is 1. The van der Waals surface area contributed by atoms with E-state index in [0.717, 1.165) is 25.1 Å². The van der Waals surface area contributed by atoms with Gasteiger partial charge in [-0.15, -0.1) is 0 Å². The van der Waals surface area contributed by atoms with E-state index in [-0.39, 0.29) is 12.4 Å². The largest absolute Gasteiger partial charge is 0.459 e. The van der Waals surface area contributed by atoms with Crippen molar-refractivity contribution >= 4 is 5.91 Å². The molecule has 1 aromatic heterocycles. The van der Waals surface area contributed by atoms with Gasteiger partial charge in [0.25, 0.3) is 0 Å². The molecule has 1 aromatic rings. The van der Waals surface area contributed by atoms with Crippen molar-refractivity contribution in [2.24, 2.45) is 11.8 Å². The van der Waals surface area contributed by atoms with Gasteiger partial charge in [-0.3, -0.25) is 15.1 Å². The first-order chi connectivity index (χ1) is 8.24. The molecule has 1 saturated heterocycles. The number of aliphatic hydroxyl groups is 1. The molecule has 2 rings (SSSR count). The molecule has 0 aromatic carbocycles. The maximum atomic E-state index is 11.4. The Morgan fingerprint density at radius 2 is 2.53 bits per heavy atom.